The Bertz CT molecular complexity index is 672. The molecule has 0 heterocycles. The normalized spacial score (nSPS) is 11.4. The van der Waals surface area contributed by atoms with Gasteiger partial charge in [-0.1, -0.05) is 40.5 Å². The van der Waals surface area contributed by atoms with Gasteiger partial charge in [0.05, 0.1) is 10.6 Å². The van der Waals surface area contributed by atoms with E-state index in [0.717, 1.165) is 5.56 Å². The Morgan fingerprint density at radius 3 is 2.65 bits per heavy atom. The summed E-state index contributed by atoms with van der Waals surface area (Å²) in [6.07, 6.45) is 0. The van der Waals surface area contributed by atoms with Crippen LogP contribution in [0.5, 0.6) is 11.5 Å². The quantitative estimate of drug-likeness (QED) is 0.386. The van der Waals surface area contributed by atoms with Gasteiger partial charge in [-0.15, -0.1) is 0 Å². The molecule has 0 atom stereocenters. The zero-order valence-corrected chi connectivity index (χ0v) is 12.1. The van der Waals surface area contributed by atoms with Gasteiger partial charge < -0.3 is 15.7 Å². The summed E-state index contributed by atoms with van der Waals surface area (Å²) in [5.74, 6) is 0.791. The average molecular weight is 311 g/mol. The van der Waals surface area contributed by atoms with Gasteiger partial charge in [0.15, 0.2) is 5.84 Å². The monoisotopic (exact) mass is 310 g/mol. The van der Waals surface area contributed by atoms with E-state index in [1.54, 1.807) is 30.3 Å². The van der Waals surface area contributed by atoms with Crippen LogP contribution in [0, 0.1) is 6.92 Å². The van der Waals surface area contributed by atoms with E-state index in [2.05, 4.69) is 5.16 Å². The van der Waals surface area contributed by atoms with Gasteiger partial charge >= 0.3 is 0 Å². The van der Waals surface area contributed by atoms with E-state index in [9.17, 15) is 0 Å². The van der Waals surface area contributed by atoms with Crippen molar-refractivity contribution in [1.82, 2.24) is 0 Å². The zero-order valence-electron chi connectivity index (χ0n) is 10.6. The third-order valence-corrected chi connectivity index (χ3v) is 3.46. The number of oxime groups is 1. The van der Waals surface area contributed by atoms with E-state index in [0.29, 0.717) is 27.1 Å². The third-order valence-electron chi connectivity index (χ3n) is 2.66. The fraction of sp³-hybridized carbons (Fsp3) is 0.0714. The second-order valence-corrected chi connectivity index (χ2v) is 4.92. The van der Waals surface area contributed by atoms with Crippen LogP contribution in [0.4, 0.5) is 0 Å². The molecule has 0 aromatic heterocycles. The molecular formula is C14H12Cl2N2O2. The SMILES string of the molecule is Cc1ccc(C(N)=NO)c(Oc2cccc(Cl)c2Cl)c1. The number of benzene rings is 2. The predicted molar refractivity (Wildman–Crippen MR) is 80.2 cm³/mol. The first-order valence-electron chi connectivity index (χ1n) is 5.73. The Hall–Kier alpha value is -1.91. The van der Waals surface area contributed by atoms with E-state index >= 15 is 0 Å². The predicted octanol–water partition coefficient (Wildman–Crippen LogP) is 4.19. The fourth-order valence-electron chi connectivity index (χ4n) is 1.66. The zero-order chi connectivity index (χ0) is 14.7. The summed E-state index contributed by atoms with van der Waals surface area (Å²) in [6.45, 7) is 1.91. The Labute approximate surface area is 126 Å². The number of hydrogen-bond acceptors (Lipinski definition) is 3. The molecular weight excluding hydrogens is 299 g/mol. The highest BCUT2D eigenvalue weighted by molar-refractivity contribution is 6.42. The molecule has 0 radical (unpaired) electrons. The summed E-state index contributed by atoms with van der Waals surface area (Å²) in [7, 11) is 0. The molecule has 0 aliphatic rings. The van der Waals surface area contributed by atoms with E-state index in [-0.39, 0.29) is 5.84 Å². The summed E-state index contributed by atoms with van der Waals surface area (Å²) in [4.78, 5) is 0. The van der Waals surface area contributed by atoms with Crippen LogP contribution in [0.25, 0.3) is 0 Å². The van der Waals surface area contributed by atoms with Crippen molar-refractivity contribution < 1.29 is 9.94 Å². The summed E-state index contributed by atoms with van der Waals surface area (Å²) in [5, 5.41) is 12.5. The summed E-state index contributed by atoms with van der Waals surface area (Å²) in [6, 6.07) is 10.4. The van der Waals surface area contributed by atoms with Gasteiger partial charge in [0.1, 0.15) is 16.5 Å². The molecule has 0 spiro atoms. The van der Waals surface area contributed by atoms with Crippen molar-refractivity contribution in [3.05, 3.63) is 57.6 Å². The van der Waals surface area contributed by atoms with Crippen molar-refractivity contribution in [2.24, 2.45) is 10.9 Å². The molecule has 2 rings (SSSR count). The van der Waals surface area contributed by atoms with E-state index in [1.807, 2.05) is 13.0 Å². The van der Waals surface area contributed by atoms with Gasteiger partial charge in [0.2, 0.25) is 0 Å². The van der Waals surface area contributed by atoms with Crippen LogP contribution in [0.2, 0.25) is 10.0 Å². The van der Waals surface area contributed by atoms with Crippen LogP contribution in [0.3, 0.4) is 0 Å². The fourth-order valence-corrected chi connectivity index (χ4v) is 1.99. The molecule has 2 aromatic carbocycles. The standard InChI is InChI=1S/C14H12Cl2N2O2/c1-8-5-6-9(14(17)18-19)12(7-8)20-11-4-2-3-10(15)13(11)16/h2-7,19H,1H3,(H2,17,18). The van der Waals surface area contributed by atoms with Crippen molar-refractivity contribution in [2.45, 2.75) is 6.92 Å². The largest absolute Gasteiger partial charge is 0.455 e. The molecule has 104 valence electrons. The Balaban J connectivity index is 2.47. The number of ether oxygens (including phenoxy) is 1. The second kappa shape index (κ2) is 6.03. The maximum Gasteiger partial charge on any atom is 0.173 e. The van der Waals surface area contributed by atoms with Crippen LogP contribution in [0.1, 0.15) is 11.1 Å². The maximum absolute atomic E-state index is 8.81. The Morgan fingerprint density at radius 2 is 1.95 bits per heavy atom. The lowest BCUT2D eigenvalue weighted by Gasteiger charge is -2.12. The molecule has 0 unspecified atom stereocenters. The average Bonchev–Trinajstić information content (AvgIpc) is 2.43. The number of nitrogens with two attached hydrogens (primary N) is 1. The lowest BCUT2D eigenvalue weighted by atomic mass is 10.1. The van der Waals surface area contributed by atoms with Crippen LogP contribution >= 0.6 is 23.2 Å². The maximum atomic E-state index is 8.81. The molecule has 0 aliphatic carbocycles. The Kier molecular flexibility index (Phi) is 4.37. The number of rotatable bonds is 3. The van der Waals surface area contributed by atoms with Crippen molar-refractivity contribution in [3.63, 3.8) is 0 Å². The van der Waals surface area contributed by atoms with Gasteiger partial charge in [0.25, 0.3) is 0 Å². The lowest BCUT2D eigenvalue weighted by molar-refractivity contribution is 0.318. The summed E-state index contributed by atoms with van der Waals surface area (Å²) < 4.78 is 5.74. The Morgan fingerprint density at radius 1 is 1.20 bits per heavy atom. The molecule has 0 amide bonds. The molecule has 0 saturated heterocycles. The molecule has 6 heteroatoms. The van der Waals surface area contributed by atoms with Gasteiger partial charge in [-0.2, -0.15) is 0 Å². The van der Waals surface area contributed by atoms with Crippen LogP contribution in [-0.2, 0) is 0 Å². The minimum absolute atomic E-state index is 0.0434. The molecule has 0 aliphatic heterocycles. The van der Waals surface area contributed by atoms with Gasteiger partial charge in [-0.3, -0.25) is 0 Å². The molecule has 20 heavy (non-hydrogen) atoms. The number of halogens is 2. The summed E-state index contributed by atoms with van der Waals surface area (Å²) in [5.41, 5.74) is 7.06. The summed E-state index contributed by atoms with van der Waals surface area (Å²) >= 11 is 12.0. The molecule has 2 aromatic rings. The number of nitrogens with zero attached hydrogens (tertiary/aromatic N) is 1. The van der Waals surface area contributed by atoms with Crippen LogP contribution < -0.4 is 10.5 Å². The topological polar surface area (TPSA) is 67.8 Å². The van der Waals surface area contributed by atoms with Crippen LogP contribution in [-0.4, -0.2) is 11.0 Å². The first kappa shape index (κ1) is 14.5. The minimum Gasteiger partial charge on any atom is -0.455 e. The number of hydrogen-bond donors (Lipinski definition) is 2. The van der Waals surface area contributed by atoms with E-state index < -0.39 is 0 Å². The lowest BCUT2D eigenvalue weighted by Crippen LogP contribution is -2.14. The van der Waals surface area contributed by atoms with Crippen molar-refractivity contribution in [1.29, 1.82) is 0 Å². The number of aryl methyl sites for hydroxylation is 1. The number of amidine groups is 1. The minimum atomic E-state index is -0.0434. The first-order chi connectivity index (χ1) is 9.52. The molecule has 3 N–H and O–H groups in total. The molecule has 4 nitrogen and oxygen atoms in total. The highest BCUT2D eigenvalue weighted by atomic mass is 35.5. The van der Waals surface area contributed by atoms with Crippen molar-refractivity contribution >= 4 is 29.0 Å². The molecule has 0 saturated carbocycles. The second-order valence-electron chi connectivity index (χ2n) is 4.14. The van der Waals surface area contributed by atoms with Crippen molar-refractivity contribution in [2.75, 3.05) is 0 Å². The van der Waals surface area contributed by atoms with Gasteiger partial charge in [-0.25, -0.2) is 0 Å². The molecule has 0 bridgehead atoms. The third kappa shape index (κ3) is 2.98. The van der Waals surface area contributed by atoms with Gasteiger partial charge in [0, 0.05) is 0 Å². The van der Waals surface area contributed by atoms with Crippen LogP contribution in [0.15, 0.2) is 41.6 Å². The highest BCUT2D eigenvalue weighted by Gasteiger charge is 2.12. The van der Waals surface area contributed by atoms with Crippen molar-refractivity contribution in [3.8, 4) is 11.5 Å². The highest BCUT2D eigenvalue weighted by Crippen LogP contribution is 2.35. The smallest absolute Gasteiger partial charge is 0.173 e. The van der Waals surface area contributed by atoms with E-state index in [4.69, 9.17) is 38.9 Å². The van der Waals surface area contributed by atoms with Gasteiger partial charge in [-0.05, 0) is 36.8 Å². The first-order valence-corrected chi connectivity index (χ1v) is 6.49. The van der Waals surface area contributed by atoms with E-state index in [1.165, 1.54) is 0 Å². The molecule has 0 fully saturated rings.